The number of halogens is 3. The van der Waals surface area contributed by atoms with Crippen LogP contribution in [-0.2, 0) is 31.7 Å². The van der Waals surface area contributed by atoms with Crippen molar-refractivity contribution in [3.8, 4) is 5.75 Å². The summed E-state index contributed by atoms with van der Waals surface area (Å²) in [4.78, 5) is 32.4. The molecule has 13 heteroatoms. The number of alkyl carbamates (subject to hydrolysis) is 1. The van der Waals surface area contributed by atoms with E-state index in [9.17, 15) is 31.2 Å². The summed E-state index contributed by atoms with van der Waals surface area (Å²) in [5, 5.41) is 2.76. The van der Waals surface area contributed by atoms with Crippen molar-refractivity contribution in [2.45, 2.75) is 44.0 Å². The average molecular weight is 602 g/mol. The van der Waals surface area contributed by atoms with Crippen LogP contribution in [0, 0.1) is 0 Å². The van der Waals surface area contributed by atoms with Crippen LogP contribution in [0.5, 0.6) is 5.75 Å². The zero-order chi connectivity index (χ0) is 30.5. The van der Waals surface area contributed by atoms with Gasteiger partial charge in [-0.05, 0) is 50.6 Å². The lowest BCUT2D eigenvalue weighted by Gasteiger charge is -2.33. The Morgan fingerprint density at radius 2 is 1.64 bits per heavy atom. The third-order valence-electron chi connectivity index (χ3n) is 6.59. The van der Waals surface area contributed by atoms with Crippen molar-refractivity contribution < 1.29 is 40.1 Å². The summed E-state index contributed by atoms with van der Waals surface area (Å²) in [5.74, 6) is -1.55. The van der Waals surface area contributed by atoms with Gasteiger partial charge in [-0.15, -0.1) is 0 Å². The number of carbonyl (C=O) groups excluding carboxylic acids is 2. The lowest BCUT2D eigenvalue weighted by Crippen LogP contribution is -2.55. The SMILES string of the molecule is CC(C)(C)OC(=O)N[C@]1(c2c(OS(=O)(=O)C(F)(F)F)ccc3[nH]ccc23)C(=O)N(Cc2ccccc2)c2ccccc21. The van der Waals surface area contributed by atoms with Crippen molar-refractivity contribution in [1.29, 1.82) is 0 Å². The quantitative estimate of drug-likeness (QED) is 0.216. The van der Waals surface area contributed by atoms with Crippen LogP contribution in [0.1, 0.15) is 37.5 Å². The number of anilines is 1. The monoisotopic (exact) mass is 601 g/mol. The van der Waals surface area contributed by atoms with Gasteiger partial charge in [0, 0.05) is 28.2 Å². The Bertz CT molecular complexity index is 1780. The maximum absolute atomic E-state index is 14.7. The largest absolute Gasteiger partial charge is 0.534 e. The molecule has 3 aromatic carbocycles. The highest BCUT2D eigenvalue weighted by Crippen LogP contribution is 2.50. The second kappa shape index (κ2) is 10.1. The van der Waals surface area contributed by atoms with Gasteiger partial charge in [0.05, 0.1) is 12.2 Å². The average Bonchev–Trinajstić information content (AvgIpc) is 3.45. The molecule has 42 heavy (non-hydrogen) atoms. The number of para-hydroxylation sites is 1. The molecule has 1 aliphatic rings. The smallest absolute Gasteiger partial charge is 0.444 e. The Morgan fingerprint density at radius 1 is 0.976 bits per heavy atom. The lowest BCUT2D eigenvalue weighted by molar-refractivity contribution is -0.123. The molecular weight excluding hydrogens is 575 g/mol. The first kappa shape index (κ1) is 29.0. The van der Waals surface area contributed by atoms with Gasteiger partial charge >= 0.3 is 21.7 Å². The van der Waals surface area contributed by atoms with Gasteiger partial charge in [-0.3, -0.25) is 10.1 Å². The third kappa shape index (κ3) is 5.04. The van der Waals surface area contributed by atoms with Gasteiger partial charge in [-0.25, -0.2) is 4.79 Å². The molecular formula is C29H26F3N3O6S. The second-order valence-electron chi connectivity index (χ2n) is 10.6. The predicted octanol–water partition coefficient (Wildman–Crippen LogP) is 5.71. The van der Waals surface area contributed by atoms with E-state index in [1.54, 1.807) is 69.3 Å². The number of fused-ring (bicyclic) bond motifs is 2. The van der Waals surface area contributed by atoms with Crippen molar-refractivity contribution in [2.24, 2.45) is 0 Å². The van der Waals surface area contributed by atoms with Crippen molar-refractivity contribution >= 4 is 38.7 Å². The molecule has 9 nitrogen and oxygen atoms in total. The van der Waals surface area contributed by atoms with E-state index in [1.165, 1.54) is 29.3 Å². The molecule has 1 atom stereocenters. The van der Waals surface area contributed by atoms with Gasteiger partial charge in [0.2, 0.25) is 0 Å². The molecule has 1 aromatic heterocycles. The molecule has 0 saturated heterocycles. The standard InChI is InChI=1S/C29H26F3N3O6S/c1-27(2,3)40-26(37)34-28(20-11-7-8-12-22(20)35(25(28)36)17-18-9-5-4-6-10-18)24-19-15-16-33-21(19)13-14-23(24)41-42(38,39)29(30,31)32/h4-16,33H,17H2,1-3H3,(H,34,37)/t28-/m1/s1. The summed E-state index contributed by atoms with van der Waals surface area (Å²) in [6.45, 7) is 4.84. The Morgan fingerprint density at radius 3 is 2.31 bits per heavy atom. The minimum atomic E-state index is -6.17. The van der Waals surface area contributed by atoms with E-state index in [2.05, 4.69) is 14.5 Å². The van der Waals surface area contributed by atoms with Gasteiger partial charge in [-0.2, -0.15) is 21.6 Å². The Kier molecular flexibility index (Phi) is 6.96. The van der Waals surface area contributed by atoms with E-state index in [0.29, 0.717) is 11.2 Å². The summed E-state index contributed by atoms with van der Waals surface area (Å²) < 4.78 is 75.2. The fourth-order valence-electron chi connectivity index (χ4n) is 4.99. The van der Waals surface area contributed by atoms with E-state index in [4.69, 9.17) is 4.74 Å². The van der Waals surface area contributed by atoms with Crippen LogP contribution in [0.15, 0.2) is 79.0 Å². The number of aromatic amines is 1. The number of hydrogen-bond donors (Lipinski definition) is 2. The normalized spacial score (nSPS) is 17.3. The summed E-state index contributed by atoms with van der Waals surface area (Å²) in [6, 6.07) is 19.1. The molecule has 5 rings (SSSR count). The molecule has 2 heterocycles. The fraction of sp³-hybridized carbons (Fsp3) is 0.241. The van der Waals surface area contributed by atoms with E-state index < -0.39 is 44.5 Å². The lowest BCUT2D eigenvalue weighted by atomic mass is 9.81. The Balaban J connectivity index is 1.81. The number of nitrogens with one attached hydrogen (secondary N) is 2. The van der Waals surface area contributed by atoms with Crippen LogP contribution in [-0.4, -0.2) is 36.5 Å². The molecule has 0 spiro atoms. The number of rotatable bonds is 6. The van der Waals surface area contributed by atoms with E-state index in [-0.39, 0.29) is 23.1 Å². The third-order valence-corrected chi connectivity index (χ3v) is 7.56. The molecule has 0 bridgehead atoms. The maximum atomic E-state index is 14.7. The Labute approximate surface area is 239 Å². The highest BCUT2D eigenvalue weighted by molar-refractivity contribution is 7.88. The van der Waals surface area contributed by atoms with Crippen LogP contribution in [0.4, 0.5) is 23.7 Å². The van der Waals surface area contributed by atoms with E-state index >= 15 is 0 Å². The number of alkyl halides is 3. The highest BCUT2D eigenvalue weighted by Gasteiger charge is 2.57. The second-order valence-corrected chi connectivity index (χ2v) is 12.2. The number of aromatic nitrogens is 1. The molecule has 2 N–H and O–H groups in total. The number of benzene rings is 3. The van der Waals surface area contributed by atoms with Crippen molar-refractivity contribution in [3.05, 3.63) is 95.7 Å². The highest BCUT2D eigenvalue weighted by atomic mass is 32.2. The summed E-state index contributed by atoms with van der Waals surface area (Å²) in [5.41, 5.74) is -7.75. The number of H-pyrrole nitrogens is 1. The Hall–Kier alpha value is -4.52. The van der Waals surface area contributed by atoms with E-state index in [0.717, 1.165) is 11.6 Å². The summed E-state index contributed by atoms with van der Waals surface area (Å²) >= 11 is 0. The predicted molar refractivity (Wildman–Crippen MR) is 148 cm³/mol. The number of ether oxygens (including phenoxy) is 1. The van der Waals surface area contributed by atoms with Crippen LogP contribution in [0.3, 0.4) is 0 Å². The first-order valence-corrected chi connectivity index (χ1v) is 14.1. The molecule has 0 radical (unpaired) electrons. The van der Waals surface area contributed by atoms with Gasteiger partial charge in [-0.1, -0.05) is 48.5 Å². The number of hydrogen-bond acceptors (Lipinski definition) is 6. The molecule has 2 amide bonds. The summed E-state index contributed by atoms with van der Waals surface area (Å²) in [6.07, 6.45) is 0.397. The molecule has 1 aliphatic heterocycles. The molecule has 4 aromatic rings. The van der Waals surface area contributed by atoms with Crippen molar-refractivity contribution in [1.82, 2.24) is 10.3 Å². The van der Waals surface area contributed by atoms with Crippen molar-refractivity contribution in [2.75, 3.05) is 4.90 Å². The van der Waals surface area contributed by atoms with Crippen LogP contribution in [0.25, 0.3) is 10.9 Å². The topological polar surface area (TPSA) is 118 Å². The number of nitrogens with zero attached hydrogens (tertiary/aromatic N) is 1. The first-order valence-electron chi connectivity index (χ1n) is 12.7. The van der Waals surface area contributed by atoms with Crippen LogP contribution >= 0.6 is 0 Å². The molecule has 220 valence electrons. The zero-order valence-corrected chi connectivity index (χ0v) is 23.5. The fourth-order valence-corrected chi connectivity index (χ4v) is 5.46. The molecule has 0 aliphatic carbocycles. The minimum Gasteiger partial charge on any atom is -0.444 e. The minimum absolute atomic E-state index is 0.0363. The first-order chi connectivity index (χ1) is 19.6. The van der Waals surface area contributed by atoms with Gasteiger partial charge in [0.1, 0.15) is 11.4 Å². The summed E-state index contributed by atoms with van der Waals surface area (Å²) in [7, 11) is -6.17. The molecule has 0 saturated carbocycles. The van der Waals surface area contributed by atoms with Crippen LogP contribution in [0.2, 0.25) is 0 Å². The maximum Gasteiger partial charge on any atom is 0.534 e. The van der Waals surface area contributed by atoms with Gasteiger partial charge < -0.3 is 18.8 Å². The molecule has 0 unspecified atom stereocenters. The van der Waals surface area contributed by atoms with Gasteiger partial charge in [0.15, 0.2) is 5.54 Å². The van der Waals surface area contributed by atoms with Crippen molar-refractivity contribution in [3.63, 3.8) is 0 Å². The molecule has 0 fully saturated rings. The van der Waals surface area contributed by atoms with E-state index in [1.807, 2.05) is 0 Å². The number of amides is 2. The zero-order valence-electron chi connectivity index (χ0n) is 22.7. The van der Waals surface area contributed by atoms with Gasteiger partial charge in [0.25, 0.3) is 5.91 Å². The van der Waals surface area contributed by atoms with Crippen LogP contribution < -0.4 is 14.4 Å². The number of carbonyl (C=O) groups is 2.